The lowest BCUT2D eigenvalue weighted by Gasteiger charge is -2.54. The minimum Gasteiger partial charge on any atom is -0.310 e. The van der Waals surface area contributed by atoms with Gasteiger partial charge >= 0.3 is 0 Å². The molecule has 0 saturated heterocycles. The molecular formula is C67H47NS2Si. The standard InChI is InChI=1S/C67H47NS2Si/c1-6-25-48(26-7-1)67(49-27-8-2-9-28-49)55-36-17-16-35-54(55)66-56(67)37-24-38-57(66)68(50-29-10-3-11-30-50)51-45-46-65-61(47-51)70(52-31-12-4-13-32-52,53-33-14-5-15-34-53)60-41-20-23-44-64(60)71(65)62-42-21-18-39-58(62)69-59-40-19-22-43-63(59)71/h1-47H. The van der Waals surface area contributed by atoms with Gasteiger partial charge in [0.2, 0.25) is 0 Å². The molecule has 11 aromatic rings. The molecule has 71 heavy (non-hydrogen) atoms. The normalized spacial score (nSPS) is 15.2. The molecular weight excluding hydrogens is 911 g/mol. The van der Waals surface area contributed by atoms with Crippen molar-refractivity contribution in [3.8, 4) is 11.1 Å². The number of para-hydroxylation sites is 1. The topological polar surface area (TPSA) is 3.24 Å². The zero-order chi connectivity index (χ0) is 47.0. The van der Waals surface area contributed by atoms with E-state index in [2.05, 4.69) is 290 Å². The summed E-state index contributed by atoms with van der Waals surface area (Å²) in [5, 5.41) is 5.88. The van der Waals surface area contributed by atoms with E-state index in [9.17, 15) is 0 Å². The SMILES string of the molecule is c1ccc(N(c2ccc3c(c2)S(c2ccccc2)(c2ccccc2)c2ccccc2[Si]32c3ccccc3Sc3ccccc32)c2cccc3c2-c2ccccc2C3(c2ccccc2)c2ccccc2)cc1. The zero-order valence-electron chi connectivity index (χ0n) is 38.9. The van der Waals surface area contributed by atoms with Crippen LogP contribution < -0.4 is 25.6 Å². The van der Waals surface area contributed by atoms with E-state index in [1.165, 1.54) is 83.5 Å². The van der Waals surface area contributed by atoms with Crippen LogP contribution in [0.15, 0.2) is 314 Å². The maximum Gasteiger partial charge on any atom is 0.184 e. The van der Waals surface area contributed by atoms with Crippen LogP contribution in [0.25, 0.3) is 11.1 Å². The van der Waals surface area contributed by atoms with Crippen molar-refractivity contribution in [3.63, 3.8) is 0 Å². The van der Waals surface area contributed by atoms with Crippen molar-refractivity contribution >= 4 is 67.7 Å². The predicted molar refractivity (Wildman–Crippen MR) is 300 cm³/mol. The molecule has 2 aliphatic heterocycles. The van der Waals surface area contributed by atoms with Crippen LogP contribution in [-0.2, 0) is 5.41 Å². The van der Waals surface area contributed by atoms with E-state index in [1.807, 2.05) is 11.8 Å². The first-order valence-corrected chi connectivity index (χ1v) is 28.9. The summed E-state index contributed by atoms with van der Waals surface area (Å²) in [4.78, 5) is 10.8. The van der Waals surface area contributed by atoms with Crippen LogP contribution in [0.1, 0.15) is 22.3 Å². The Balaban J connectivity index is 1.13. The average Bonchev–Trinajstić information content (AvgIpc) is 3.76. The van der Waals surface area contributed by atoms with Crippen molar-refractivity contribution in [2.45, 2.75) is 34.8 Å². The fourth-order valence-corrected chi connectivity index (χ4v) is 25.5. The van der Waals surface area contributed by atoms with Crippen molar-refractivity contribution in [2.24, 2.45) is 0 Å². The summed E-state index contributed by atoms with van der Waals surface area (Å²) in [7, 11) is -5.12. The number of nitrogens with zero attached hydrogens (tertiary/aromatic N) is 1. The number of fused-ring (bicyclic) bond motifs is 11. The number of hydrogen-bond donors (Lipinski definition) is 0. The Labute approximate surface area is 423 Å². The third-order valence-corrected chi connectivity index (χ3v) is 26.1. The molecule has 0 amide bonds. The van der Waals surface area contributed by atoms with Crippen LogP contribution >= 0.6 is 21.8 Å². The summed E-state index contributed by atoms with van der Waals surface area (Å²) < 4.78 is 0. The van der Waals surface area contributed by atoms with Gasteiger partial charge in [0.15, 0.2) is 8.07 Å². The molecule has 0 atom stereocenters. The Morgan fingerprint density at radius 1 is 0.352 bits per heavy atom. The molecule has 0 aromatic heterocycles. The van der Waals surface area contributed by atoms with Crippen LogP contribution in [0.3, 0.4) is 0 Å². The summed E-state index contributed by atoms with van der Waals surface area (Å²) in [6.45, 7) is 0. The minimum absolute atomic E-state index is 0.538. The van der Waals surface area contributed by atoms with Gasteiger partial charge in [0.1, 0.15) is 0 Å². The van der Waals surface area contributed by atoms with E-state index in [4.69, 9.17) is 0 Å². The largest absolute Gasteiger partial charge is 0.310 e. The highest BCUT2D eigenvalue weighted by Crippen LogP contribution is 2.74. The molecule has 14 rings (SSSR count). The van der Waals surface area contributed by atoms with Crippen LogP contribution in [0.4, 0.5) is 17.1 Å². The molecule has 0 bridgehead atoms. The Hall–Kier alpha value is -7.86. The van der Waals surface area contributed by atoms with Gasteiger partial charge in [-0.1, -0.05) is 224 Å². The predicted octanol–water partition coefficient (Wildman–Crippen LogP) is 15.0. The molecule has 1 spiro atoms. The van der Waals surface area contributed by atoms with Gasteiger partial charge in [0.25, 0.3) is 0 Å². The van der Waals surface area contributed by atoms with Crippen molar-refractivity contribution < 1.29 is 0 Å². The molecule has 1 nitrogen and oxygen atoms in total. The summed E-state index contributed by atoms with van der Waals surface area (Å²) in [6, 6.07) is 108. The van der Waals surface area contributed by atoms with Crippen molar-refractivity contribution in [1.29, 1.82) is 0 Å². The maximum absolute atomic E-state index is 3.00. The van der Waals surface area contributed by atoms with Crippen molar-refractivity contribution in [2.75, 3.05) is 4.90 Å². The number of rotatable bonds is 7. The van der Waals surface area contributed by atoms with Gasteiger partial charge in [-0.25, -0.2) is 0 Å². The van der Waals surface area contributed by atoms with Crippen molar-refractivity contribution in [1.82, 2.24) is 0 Å². The van der Waals surface area contributed by atoms with Crippen LogP contribution in [-0.4, -0.2) is 8.07 Å². The third-order valence-electron chi connectivity index (χ3n) is 15.3. The summed E-state index contributed by atoms with van der Waals surface area (Å²) in [5.41, 5.74) is 10.5. The van der Waals surface area contributed by atoms with E-state index >= 15 is 0 Å². The highest BCUT2D eigenvalue weighted by Gasteiger charge is 2.56. The summed E-state index contributed by atoms with van der Waals surface area (Å²) in [5.74, 6) is 0. The second-order valence-electron chi connectivity index (χ2n) is 18.7. The van der Waals surface area contributed by atoms with E-state index in [0.717, 1.165) is 17.1 Å². The molecule has 0 fully saturated rings. The number of anilines is 3. The third kappa shape index (κ3) is 5.90. The fraction of sp³-hybridized carbons (Fsp3) is 0.0149. The molecule has 1 aliphatic carbocycles. The van der Waals surface area contributed by atoms with Gasteiger partial charge in [-0.05, 0) is 121 Å². The smallest absolute Gasteiger partial charge is 0.184 e. The van der Waals surface area contributed by atoms with Crippen LogP contribution in [0.2, 0.25) is 0 Å². The zero-order valence-corrected chi connectivity index (χ0v) is 41.5. The first-order chi connectivity index (χ1) is 35.2. The molecule has 3 aliphatic rings. The van der Waals surface area contributed by atoms with Crippen molar-refractivity contribution in [3.05, 3.63) is 307 Å². The molecule has 336 valence electrons. The molecule has 4 heteroatoms. The van der Waals surface area contributed by atoms with E-state index < -0.39 is 23.5 Å². The van der Waals surface area contributed by atoms with Gasteiger partial charge in [-0.3, -0.25) is 0 Å². The average molecular weight is 958 g/mol. The quantitative estimate of drug-likeness (QED) is 0.146. The number of hydrogen-bond acceptors (Lipinski definition) is 2. The van der Waals surface area contributed by atoms with Gasteiger partial charge < -0.3 is 4.90 Å². The Morgan fingerprint density at radius 2 is 0.831 bits per heavy atom. The maximum atomic E-state index is 2.64. The lowest BCUT2D eigenvalue weighted by Crippen LogP contribution is -2.78. The van der Waals surface area contributed by atoms with Gasteiger partial charge in [-0.15, -0.1) is 10.0 Å². The molecule has 0 radical (unpaired) electrons. The molecule has 0 unspecified atom stereocenters. The first kappa shape index (κ1) is 42.1. The Kier molecular flexibility index (Phi) is 9.86. The molecule has 2 heterocycles. The summed E-state index contributed by atoms with van der Waals surface area (Å²) >= 11 is 1.93. The Bertz CT molecular complexity index is 3680. The number of benzene rings is 11. The second-order valence-corrected chi connectivity index (χ2v) is 26.4. The lowest BCUT2D eigenvalue weighted by molar-refractivity contribution is 0.768. The minimum atomic E-state index is -3.00. The fourth-order valence-electron chi connectivity index (χ4n) is 12.7. The van der Waals surface area contributed by atoms with Gasteiger partial charge in [-0.2, -0.15) is 0 Å². The lowest BCUT2D eigenvalue weighted by atomic mass is 9.68. The van der Waals surface area contributed by atoms with Crippen LogP contribution in [0, 0.1) is 0 Å². The van der Waals surface area contributed by atoms with E-state index in [1.54, 1.807) is 0 Å². The second kappa shape index (κ2) is 16.6. The molecule has 0 saturated carbocycles. The Morgan fingerprint density at radius 3 is 1.45 bits per heavy atom. The monoisotopic (exact) mass is 957 g/mol. The highest BCUT2D eigenvalue weighted by atomic mass is 32.3. The van der Waals surface area contributed by atoms with Gasteiger partial charge in [0, 0.05) is 46.3 Å². The van der Waals surface area contributed by atoms with Gasteiger partial charge in [0.05, 0.1) is 11.1 Å². The summed E-state index contributed by atoms with van der Waals surface area (Å²) in [6.07, 6.45) is 0. The molecule has 11 aromatic carbocycles. The van der Waals surface area contributed by atoms with Crippen LogP contribution in [0.5, 0.6) is 0 Å². The highest BCUT2D eigenvalue weighted by molar-refractivity contribution is 8.34. The molecule has 0 N–H and O–H groups in total. The van der Waals surface area contributed by atoms with E-state index in [0.29, 0.717) is 0 Å². The van der Waals surface area contributed by atoms with E-state index in [-0.39, 0.29) is 0 Å². The first-order valence-electron chi connectivity index (χ1n) is 24.5.